The van der Waals surface area contributed by atoms with E-state index >= 15 is 0 Å². The summed E-state index contributed by atoms with van der Waals surface area (Å²) in [5.74, 6) is -0.0804. The Morgan fingerprint density at radius 2 is 2.00 bits per heavy atom. The Labute approximate surface area is 190 Å². The summed E-state index contributed by atoms with van der Waals surface area (Å²) in [5.41, 5.74) is 3.96. The summed E-state index contributed by atoms with van der Waals surface area (Å²) in [5, 5.41) is 9.38. The molecule has 32 heavy (non-hydrogen) atoms. The summed E-state index contributed by atoms with van der Waals surface area (Å²) in [6, 6.07) is 10.1. The number of aromatic nitrogens is 4. The molecule has 1 N–H and O–H groups in total. The van der Waals surface area contributed by atoms with Crippen LogP contribution in [0.4, 0.5) is 4.39 Å². The first-order valence-corrected chi connectivity index (χ1v) is 11.4. The molecule has 8 heteroatoms. The zero-order chi connectivity index (χ0) is 22.5. The van der Waals surface area contributed by atoms with Crippen LogP contribution in [-0.4, -0.2) is 25.7 Å². The van der Waals surface area contributed by atoms with Crippen LogP contribution in [-0.2, 0) is 13.0 Å². The molecule has 0 unspecified atom stereocenters. The van der Waals surface area contributed by atoms with E-state index in [1.165, 1.54) is 12.1 Å². The maximum absolute atomic E-state index is 13.1. The Bertz CT molecular complexity index is 1200. The van der Waals surface area contributed by atoms with Crippen molar-refractivity contribution in [1.29, 1.82) is 0 Å². The molecule has 3 heterocycles. The number of unbranched alkanes of at least 4 members (excludes halogenated alkanes) is 1. The third-order valence-corrected chi connectivity index (χ3v) is 6.03. The second-order valence-electron chi connectivity index (χ2n) is 7.51. The number of rotatable bonds is 8. The molecular weight excluding hydrogens is 425 g/mol. The van der Waals surface area contributed by atoms with Gasteiger partial charge in [0.1, 0.15) is 5.82 Å². The maximum atomic E-state index is 13.1. The molecule has 0 radical (unpaired) electrons. The fraction of sp³-hybridized carbons (Fsp3) is 0.250. The van der Waals surface area contributed by atoms with Gasteiger partial charge in [-0.3, -0.25) is 4.79 Å². The third-order valence-electron chi connectivity index (χ3n) is 5.15. The number of aryl methyl sites for hydroxylation is 1. The highest BCUT2D eigenvalue weighted by atomic mass is 32.1. The minimum atomic E-state index is -0.303. The second kappa shape index (κ2) is 9.82. The Morgan fingerprint density at radius 3 is 2.72 bits per heavy atom. The van der Waals surface area contributed by atoms with E-state index in [0.717, 1.165) is 40.2 Å². The molecule has 3 aromatic heterocycles. The zero-order valence-corrected chi connectivity index (χ0v) is 18.8. The quantitative estimate of drug-likeness (QED) is 0.406. The van der Waals surface area contributed by atoms with Gasteiger partial charge in [-0.05, 0) is 54.5 Å². The van der Waals surface area contributed by atoms with Crippen LogP contribution in [0.1, 0.15) is 46.9 Å². The first-order valence-electron chi connectivity index (χ1n) is 10.5. The Hall–Kier alpha value is -3.39. The molecule has 1 amide bonds. The molecule has 0 bridgehead atoms. The van der Waals surface area contributed by atoms with Gasteiger partial charge < -0.3 is 5.32 Å². The summed E-state index contributed by atoms with van der Waals surface area (Å²) < 4.78 is 14.8. The zero-order valence-electron chi connectivity index (χ0n) is 18.0. The smallest absolute Gasteiger partial charge is 0.255 e. The molecule has 6 nitrogen and oxygen atoms in total. The van der Waals surface area contributed by atoms with E-state index in [1.54, 1.807) is 40.5 Å². The summed E-state index contributed by atoms with van der Waals surface area (Å²) in [4.78, 5) is 23.3. The van der Waals surface area contributed by atoms with Crippen LogP contribution in [0.3, 0.4) is 0 Å². The van der Waals surface area contributed by atoms with Gasteiger partial charge in [0, 0.05) is 12.7 Å². The van der Waals surface area contributed by atoms with Gasteiger partial charge >= 0.3 is 0 Å². The van der Waals surface area contributed by atoms with E-state index in [1.807, 2.05) is 24.4 Å². The van der Waals surface area contributed by atoms with Gasteiger partial charge in [0.25, 0.3) is 11.9 Å². The molecule has 0 spiro atoms. The average molecular weight is 450 g/mol. The van der Waals surface area contributed by atoms with Crippen LogP contribution in [0.5, 0.6) is 0 Å². The summed E-state index contributed by atoms with van der Waals surface area (Å²) >= 11 is 1.62. The highest BCUT2D eigenvalue weighted by Gasteiger charge is 2.20. The van der Waals surface area contributed by atoms with Crippen molar-refractivity contribution in [3.05, 3.63) is 82.4 Å². The van der Waals surface area contributed by atoms with E-state index < -0.39 is 0 Å². The van der Waals surface area contributed by atoms with Gasteiger partial charge in [-0.2, -0.15) is 5.10 Å². The monoisotopic (exact) mass is 449 g/mol. The fourth-order valence-electron chi connectivity index (χ4n) is 3.40. The van der Waals surface area contributed by atoms with Gasteiger partial charge in [0.2, 0.25) is 0 Å². The molecule has 0 saturated carbocycles. The third kappa shape index (κ3) is 4.75. The van der Waals surface area contributed by atoms with Crippen LogP contribution < -0.4 is 5.32 Å². The molecule has 0 fully saturated rings. The molecule has 164 valence electrons. The number of carbonyl (C=O) groups is 1. The molecule has 0 aliphatic carbocycles. The normalized spacial score (nSPS) is 11.0. The van der Waals surface area contributed by atoms with Crippen molar-refractivity contribution < 1.29 is 9.18 Å². The number of carbonyl (C=O) groups excluding carboxylic acids is 1. The summed E-state index contributed by atoms with van der Waals surface area (Å²) in [7, 11) is 0. The van der Waals surface area contributed by atoms with E-state index in [4.69, 9.17) is 4.98 Å². The predicted molar refractivity (Wildman–Crippen MR) is 123 cm³/mol. The summed E-state index contributed by atoms with van der Waals surface area (Å²) in [6.07, 6.45) is 5.93. The van der Waals surface area contributed by atoms with Crippen LogP contribution in [0.25, 0.3) is 16.5 Å². The van der Waals surface area contributed by atoms with Crippen molar-refractivity contribution >= 4 is 17.2 Å². The van der Waals surface area contributed by atoms with Crippen LogP contribution in [0.15, 0.2) is 54.2 Å². The highest BCUT2D eigenvalue weighted by Crippen LogP contribution is 2.26. The van der Waals surface area contributed by atoms with Gasteiger partial charge in [0.05, 0.1) is 28.0 Å². The molecule has 0 aliphatic rings. The first-order chi connectivity index (χ1) is 15.6. The van der Waals surface area contributed by atoms with Crippen molar-refractivity contribution in [1.82, 2.24) is 25.1 Å². The number of hydrogen-bond acceptors (Lipinski definition) is 5. The largest absolute Gasteiger partial charge is 0.348 e. The Balaban J connectivity index is 1.63. The number of halogens is 1. The molecule has 4 aromatic rings. The van der Waals surface area contributed by atoms with Crippen molar-refractivity contribution in [3.8, 4) is 16.5 Å². The number of thiophene rings is 1. The van der Waals surface area contributed by atoms with E-state index in [0.29, 0.717) is 24.5 Å². The maximum Gasteiger partial charge on any atom is 0.255 e. The lowest BCUT2D eigenvalue weighted by Gasteiger charge is -2.11. The number of hydrogen-bond donors (Lipinski definition) is 1. The SMILES string of the molecule is CCCCc1c(C(=O)NCc2ccc(F)cc2)cnn1-c1ncc(C)c(-c2cccs2)n1. The van der Waals surface area contributed by atoms with E-state index in [2.05, 4.69) is 22.3 Å². The number of amides is 1. The molecular formula is C24H24FN5OS. The Kier molecular flexibility index (Phi) is 6.70. The summed E-state index contributed by atoms with van der Waals surface area (Å²) in [6.45, 7) is 4.39. The van der Waals surface area contributed by atoms with Crippen molar-refractivity contribution in [2.45, 2.75) is 39.7 Å². The number of benzene rings is 1. The predicted octanol–water partition coefficient (Wildman–Crippen LogP) is 5.11. The fourth-order valence-corrected chi connectivity index (χ4v) is 4.18. The van der Waals surface area contributed by atoms with Crippen molar-refractivity contribution in [2.24, 2.45) is 0 Å². The molecule has 0 saturated heterocycles. The topological polar surface area (TPSA) is 72.7 Å². The van der Waals surface area contributed by atoms with Crippen LogP contribution in [0, 0.1) is 12.7 Å². The highest BCUT2D eigenvalue weighted by molar-refractivity contribution is 7.13. The van der Waals surface area contributed by atoms with E-state index in [9.17, 15) is 9.18 Å². The lowest BCUT2D eigenvalue weighted by molar-refractivity contribution is 0.0950. The lowest BCUT2D eigenvalue weighted by atomic mass is 10.1. The standard InChI is InChI=1S/C24H24FN5OS/c1-3-4-6-20-19(23(31)26-14-17-8-10-18(25)11-9-17)15-28-30(20)24-27-13-16(2)22(29-24)21-7-5-12-32-21/h5,7-13,15H,3-4,6,14H2,1-2H3,(H,26,31). The molecule has 1 aromatic carbocycles. The van der Waals surface area contributed by atoms with Gasteiger partial charge in [-0.15, -0.1) is 11.3 Å². The molecule has 0 aliphatic heterocycles. The van der Waals surface area contributed by atoms with Gasteiger partial charge in [-0.1, -0.05) is 31.5 Å². The van der Waals surface area contributed by atoms with E-state index in [-0.39, 0.29) is 11.7 Å². The van der Waals surface area contributed by atoms with Crippen molar-refractivity contribution in [3.63, 3.8) is 0 Å². The minimum Gasteiger partial charge on any atom is -0.348 e. The van der Waals surface area contributed by atoms with Gasteiger partial charge in [-0.25, -0.2) is 19.0 Å². The Morgan fingerprint density at radius 1 is 1.19 bits per heavy atom. The first kappa shape index (κ1) is 21.8. The minimum absolute atomic E-state index is 0.225. The molecule has 4 rings (SSSR count). The van der Waals surface area contributed by atoms with Crippen molar-refractivity contribution in [2.75, 3.05) is 0 Å². The second-order valence-corrected chi connectivity index (χ2v) is 8.46. The lowest BCUT2D eigenvalue weighted by Crippen LogP contribution is -2.24. The van der Waals surface area contributed by atoms with Gasteiger partial charge in [0.15, 0.2) is 0 Å². The number of nitrogens with zero attached hydrogens (tertiary/aromatic N) is 4. The van der Waals surface area contributed by atoms with Crippen LogP contribution >= 0.6 is 11.3 Å². The number of nitrogens with one attached hydrogen (secondary N) is 1. The average Bonchev–Trinajstić information content (AvgIpc) is 3.48. The molecule has 0 atom stereocenters. The van der Waals surface area contributed by atoms with Crippen LogP contribution in [0.2, 0.25) is 0 Å².